The lowest BCUT2D eigenvalue weighted by atomic mass is 10.0. The lowest BCUT2D eigenvalue weighted by Gasteiger charge is -2.27. The maximum absolute atomic E-state index is 13.3. The van der Waals surface area contributed by atoms with Crippen molar-refractivity contribution in [2.45, 2.75) is 58.8 Å². The maximum Gasteiger partial charge on any atom is 0.251 e. The van der Waals surface area contributed by atoms with Gasteiger partial charge in [-0.15, -0.1) is 0 Å². The number of hydrogen-bond donors (Lipinski definition) is 3. The molecule has 9 heterocycles. The normalized spacial score (nSPS) is 14.0. The van der Waals surface area contributed by atoms with Crippen LogP contribution in [0.5, 0.6) is 0 Å². The van der Waals surface area contributed by atoms with E-state index in [1.54, 1.807) is 85.1 Å². The zero-order valence-electron chi connectivity index (χ0n) is 55.7. The molecule has 21 nitrogen and oxygen atoms in total. The highest BCUT2D eigenvalue weighted by Gasteiger charge is 2.31. The first-order valence-corrected chi connectivity index (χ1v) is 34.5. The smallest absolute Gasteiger partial charge is 0.251 e. The van der Waals surface area contributed by atoms with Crippen molar-refractivity contribution in [1.29, 1.82) is 0 Å². The summed E-state index contributed by atoms with van der Waals surface area (Å²) in [5.41, 5.74) is 11.8. The first-order valence-electron chi connectivity index (χ1n) is 33.4. The molecule has 0 aliphatic carbocycles. The first kappa shape index (κ1) is 69.1. The van der Waals surface area contributed by atoms with Gasteiger partial charge in [0.1, 0.15) is 36.2 Å². The molecule has 0 spiro atoms. The van der Waals surface area contributed by atoms with Crippen LogP contribution in [0.2, 0.25) is 15.1 Å². The number of fused-ring (bicyclic) bond motifs is 4. The van der Waals surface area contributed by atoms with E-state index < -0.39 is 6.04 Å². The van der Waals surface area contributed by atoms with Gasteiger partial charge in [0.15, 0.2) is 29.1 Å². The Morgan fingerprint density at radius 3 is 1.45 bits per heavy atom. The molecule has 1 unspecified atom stereocenters. The van der Waals surface area contributed by atoms with Gasteiger partial charge in [0.05, 0.1) is 63.6 Å². The molecule has 0 radical (unpaired) electrons. The van der Waals surface area contributed by atoms with E-state index >= 15 is 0 Å². The third-order valence-electron chi connectivity index (χ3n) is 17.0. The van der Waals surface area contributed by atoms with Gasteiger partial charge in [-0.25, -0.2) is 19.9 Å². The van der Waals surface area contributed by atoms with Crippen molar-refractivity contribution in [3.8, 4) is 11.6 Å². The van der Waals surface area contributed by atoms with E-state index in [1.165, 1.54) is 0 Å². The number of rotatable bonds is 17. The number of carbonyl (C=O) groups excluding carboxylic acids is 4. The van der Waals surface area contributed by atoms with E-state index in [4.69, 9.17) is 53.9 Å². The lowest BCUT2D eigenvalue weighted by Crippen LogP contribution is -2.42. The van der Waals surface area contributed by atoms with E-state index in [9.17, 15) is 19.2 Å². The number of hydrogen-bond acceptors (Lipinski definition) is 13. The van der Waals surface area contributed by atoms with Crippen LogP contribution < -0.4 is 16.0 Å². The average molecular weight is 1420 g/mol. The Labute approximate surface area is 602 Å². The number of aliphatic imine (C=N–C) groups is 3. The van der Waals surface area contributed by atoms with E-state index in [0.29, 0.717) is 83.0 Å². The van der Waals surface area contributed by atoms with Crippen LogP contribution in [0.1, 0.15) is 67.0 Å². The van der Waals surface area contributed by atoms with Crippen LogP contribution in [0, 0.1) is 5.92 Å². The van der Waals surface area contributed by atoms with E-state index in [1.807, 2.05) is 166 Å². The SMILES string of the molecule is CC(C)C(C(=O)Nc1ccc(Cl)cc1)n1c(C2=CCC=N2)nc2ccccc21.O=C(Cn1c(-c2ccco2)nc2ccccc21)Nc1ccc(Cl)cc1.O=C(Cn1c(C2=CCC=N2)nc2ccccc21)N1CCOCC1.O=C(NCCn1c(C2=CCC=N2)nc2ccccc21)c1ccc(Cl)cc1. The minimum absolute atomic E-state index is 0.0506. The maximum atomic E-state index is 13.3. The van der Waals surface area contributed by atoms with Crippen LogP contribution in [0.3, 0.4) is 0 Å². The molecule has 16 rings (SSSR count). The summed E-state index contributed by atoms with van der Waals surface area (Å²) in [5.74, 6) is 3.35. The second-order valence-corrected chi connectivity index (χ2v) is 25.6. The summed E-state index contributed by atoms with van der Waals surface area (Å²) >= 11 is 17.7. The molecule has 102 heavy (non-hydrogen) atoms. The molecule has 4 aliphatic rings. The number of nitrogens with zero attached hydrogens (tertiary/aromatic N) is 12. The van der Waals surface area contributed by atoms with Crippen molar-refractivity contribution in [1.82, 2.24) is 48.4 Å². The largest absolute Gasteiger partial charge is 0.461 e. The third kappa shape index (κ3) is 16.3. The molecule has 0 bridgehead atoms. The molecule has 3 N–H and O–H groups in total. The summed E-state index contributed by atoms with van der Waals surface area (Å²) < 4.78 is 18.7. The molecule has 4 amide bonds. The molecule has 1 fully saturated rings. The number of furan rings is 1. The quantitative estimate of drug-likeness (QED) is 0.0779. The molecule has 0 saturated carbocycles. The summed E-state index contributed by atoms with van der Waals surface area (Å²) in [6.07, 6.45) is 15.7. The average Bonchev–Trinajstić information content (AvgIpc) is 1.62. The Bertz CT molecular complexity index is 5210. The number of morpholine rings is 1. The zero-order valence-corrected chi connectivity index (χ0v) is 58.0. The van der Waals surface area contributed by atoms with E-state index in [2.05, 4.69) is 51.5 Å². The molecular formula is C78H70Cl3N15O6. The molecule has 7 aromatic carbocycles. The highest BCUT2D eigenvalue weighted by atomic mass is 35.5. The number of carbonyl (C=O) groups is 4. The van der Waals surface area contributed by atoms with Gasteiger partial charge in [0.25, 0.3) is 5.91 Å². The second kappa shape index (κ2) is 32.3. The summed E-state index contributed by atoms with van der Waals surface area (Å²) in [6, 6.07) is 55.6. The number of halogens is 3. The monoisotopic (exact) mass is 1420 g/mol. The minimum atomic E-state index is -0.435. The fourth-order valence-electron chi connectivity index (χ4n) is 12.2. The number of aromatic nitrogens is 8. The van der Waals surface area contributed by atoms with Gasteiger partial charge in [-0.3, -0.25) is 34.2 Å². The van der Waals surface area contributed by atoms with Crippen LogP contribution in [-0.4, -0.2) is 118 Å². The highest BCUT2D eigenvalue weighted by Crippen LogP contribution is 2.34. The van der Waals surface area contributed by atoms with Crippen LogP contribution in [0.15, 0.2) is 226 Å². The van der Waals surface area contributed by atoms with Crippen molar-refractivity contribution in [3.63, 3.8) is 0 Å². The predicted octanol–water partition coefficient (Wildman–Crippen LogP) is 15.6. The Hall–Kier alpha value is -11.4. The van der Waals surface area contributed by atoms with Crippen LogP contribution >= 0.6 is 34.8 Å². The number of para-hydroxylation sites is 8. The number of allylic oxidation sites excluding steroid dienone is 3. The molecule has 24 heteroatoms. The van der Waals surface area contributed by atoms with Gasteiger partial charge in [-0.2, -0.15) is 0 Å². The van der Waals surface area contributed by atoms with Gasteiger partial charge in [0.2, 0.25) is 17.7 Å². The first-order chi connectivity index (χ1) is 49.8. The van der Waals surface area contributed by atoms with Crippen molar-refractivity contribution in [2.24, 2.45) is 20.9 Å². The molecule has 514 valence electrons. The zero-order chi connectivity index (χ0) is 70.5. The van der Waals surface area contributed by atoms with Gasteiger partial charge >= 0.3 is 0 Å². The number of ether oxygens (including phenoxy) is 1. The highest BCUT2D eigenvalue weighted by molar-refractivity contribution is 6.31. The number of nitrogens with one attached hydrogen (secondary N) is 3. The van der Waals surface area contributed by atoms with Crippen LogP contribution in [0.25, 0.3) is 72.8 Å². The predicted molar refractivity (Wildman–Crippen MR) is 405 cm³/mol. The molecule has 4 aliphatic heterocycles. The van der Waals surface area contributed by atoms with E-state index in [0.717, 1.165) is 98.0 Å². The van der Waals surface area contributed by atoms with Crippen LogP contribution in [-0.2, 0) is 38.8 Å². The topological polar surface area (TPSA) is 238 Å². The molecular weight excluding hydrogens is 1350 g/mol. The second-order valence-electron chi connectivity index (χ2n) is 24.3. The van der Waals surface area contributed by atoms with Gasteiger partial charge in [-0.1, -0.05) is 97.2 Å². The van der Waals surface area contributed by atoms with Crippen molar-refractivity contribution >= 4 is 150 Å². The summed E-state index contributed by atoms with van der Waals surface area (Å²) in [6.45, 7) is 8.12. The lowest BCUT2D eigenvalue weighted by molar-refractivity contribution is -0.135. The van der Waals surface area contributed by atoms with Crippen molar-refractivity contribution in [2.75, 3.05) is 43.5 Å². The van der Waals surface area contributed by atoms with Crippen molar-refractivity contribution < 1.29 is 28.3 Å². The summed E-state index contributed by atoms with van der Waals surface area (Å²) in [4.78, 5) is 84.6. The summed E-state index contributed by atoms with van der Waals surface area (Å²) in [5, 5.41) is 10.7. The molecule has 12 aromatic rings. The Balaban J connectivity index is 0.000000122. The fourth-order valence-corrected chi connectivity index (χ4v) is 12.6. The van der Waals surface area contributed by atoms with Gasteiger partial charge in [-0.05, 0) is 158 Å². The minimum Gasteiger partial charge on any atom is -0.461 e. The standard InChI is InChI=1S/C22H21ClN4O.C20H17ClN4O.C19H14ClN3O2.C17H18N4O2/c1-14(2)20(22(28)25-16-11-9-15(23)10-12-16)27-19-8-4-3-6-17(19)26-21(27)18-7-5-13-24-18;21-15-9-7-14(8-10-15)20(26)23-12-13-25-18-6-2-1-4-16(18)24-19(25)17-5-3-11-22-17;20-13-7-9-14(10-8-13)21-18(24)12-23-16-5-2-1-4-15(16)22-19(23)17-6-3-11-25-17;22-16(20-8-10-23-11-9-20)12-21-15-6-2-1-4-13(15)19-17(21)14-5-3-7-18-14/h3-4,6-14,20H,5H2,1-2H3,(H,25,28);1-2,4-11H,3,12-13H2,(H,23,26);1-11H,12H2,(H,21,24);1-2,4-7H,3,8-12H2. The van der Waals surface area contributed by atoms with E-state index in [-0.39, 0.29) is 42.6 Å². The van der Waals surface area contributed by atoms with Gasteiger partial charge < -0.3 is 48.3 Å². The molecule has 5 aromatic heterocycles. The Kier molecular flexibility index (Phi) is 21.9. The summed E-state index contributed by atoms with van der Waals surface area (Å²) in [7, 11) is 0. The number of benzene rings is 7. The molecule has 1 saturated heterocycles. The number of amides is 4. The third-order valence-corrected chi connectivity index (χ3v) is 17.8. The van der Waals surface area contributed by atoms with Crippen LogP contribution in [0.4, 0.5) is 11.4 Å². The number of anilines is 2. The van der Waals surface area contributed by atoms with Crippen molar-refractivity contribution in [3.05, 3.63) is 245 Å². The fraction of sp³-hybridized carbons (Fsp3) is 0.192. The Morgan fingerprint density at radius 2 is 0.941 bits per heavy atom. The molecule has 1 atom stereocenters. The van der Waals surface area contributed by atoms with Gasteiger partial charge in [0, 0.05) is 96.1 Å². The Morgan fingerprint density at radius 1 is 0.490 bits per heavy atom. The number of imidazole rings is 4.